The van der Waals surface area contributed by atoms with Crippen molar-refractivity contribution in [1.82, 2.24) is 9.80 Å². The van der Waals surface area contributed by atoms with Gasteiger partial charge in [0.1, 0.15) is 0 Å². The number of carbonyl (C=O) groups excluding carboxylic acids is 2. The maximum absolute atomic E-state index is 13.0. The summed E-state index contributed by atoms with van der Waals surface area (Å²) in [6, 6.07) is 18.3. The van der Waals surface area contributed by atoms with E-state index in [0.29, 0.717) is 26.1 Å². The van der Waals surface area contributed by atoms with Gasteiger partial charge in [0, 0.05) is 25.7 Å². The molecule has 3 saturated heterocycles. The summed E-state index contributed by atoms with van der Waals surface area (Å²) in [6.07, 6.45) is 2.29. The number of benzene rings is 2. The molecular weight excluding hydrogens is 336 g/mol. The minimum Gasteiger partial charge on any atom is -0.340 e. The fraction of sp³-hybridized carbons (Fsp3) is 0.391. The standard InChI is InChI=1S/C23H26N2O2/c1-17-7-5-6-10-19(17)13-22(26)24-15-20-11-12-21(16-24)25(23(20)27)14-18-8-3-2-4-9-18/h2-10,20-21H,11-16H2,1H3/t20-,21+/m1/s1. The zero-order chi connectivity index (χ0) is 18.8. The zero-order valence-corrected chi connectivity index (χ0v) is 15.8. The average Bonchev–Trinajstić information content (AvgIpc) is 2.97. The number of carbonyl (C=O) groups is 2. The molecule has 5 rings (SSSR count). The minimum absolute atomic E-state index is 0.0618. The lowest BCUT2D eigenvalue weighted by Gasteiger charge is -2.36. The molecule has 0 aromatic heterocycles. The fourth-order valence-corrected chi connectivity index (χ4v) is 4.32. The van der Waals surface area contributed by atoms with Crippen LogP contribution in [0.3, 0.4) is 0 Å². The number of fused-ring (bicyclic) bond motifs is 4. The van der Waals surface area contributed by atoms with Crippen LogP contribution in [0.4, 0.5) is 0 Å². The Labute approximate surface area is 160 Å². The van der Waals surface area contributed by atoms with E-state index in [1.807, 2.05) is 59.2 Å². The summed E-state index contributed by atoms with van der Waals surface area (Å²) in [6.45, 7) is 3.89. The average molecular weight is 362 g/mol. The number of rotatable bonds is 4. The van der Waals surface area contributed by atoms with Gasteiger partial charge in [0.05, 0.1) is 12.3 Å². The molecule has 4 heteroatoms. The Kier molecular flexibility index (Phi) is 4.97. The van der Waals surface area contributed by atoms with Gasteiger partial charge in [-0.05, 0) is 36.5 Å². The molecule has 0 radical (unpaired) electrons. The van der Waals surface area contributed by atoms with Gasteiger partial charge in [-0.25, -0.2) is 0 Å². The summed E-state index contributed by atoms with van der Waals surface area (Å²) < 4.78 is 0. The number of aryl methyl sites for hydroxylation is 1. The first-order valence-electron chi connectivity index (χ1n) is 9.78. The van der Waals surface area contributed by atoms with E-state index in [-0.39, 0.29) is 23.8 Å². The highest BCUT2D eigenvalue weighted by atomic mass is 16.2. The molecule has 0 aliphatic carbocycles. The van der Waals surface area contributed by atoms with E-state index in [9.17, 15) is 9.59 Å². The van der Waals surface area contributed by atoms with Crippen molar-refractivity contribution < 1.29 is 9.59 Å². The van der Waals surface area contributed by atoms with Crippen LogP contribution in [0.15, 0.2) is 54.6 Å². The van der Waals surface area contributed by atoms with Crippen LogP contribution < -0.4 is 0 Å². The first-order chi connectivity index (χ1) is 13.1. The van der Waals surface area contributed by atoms with Crippen molar-refractivity contribution in [1.29, 1.82) is 0 Å². The molecule has 27 heavy (non-hydrogen) atoms. The molecule has 2 atom stereocenters. The molecule has 3 aliphatic rings. The zero-order valence-electron chi connectivity index (χ0n) is 15.8. The fourth-order valence-electron chi connectivity index (χ4n) is 4.32. The molecule has 0 spiro atoms. The predicted molar refractivity (Wildman–Crippen MR) is 105 cm³/mol. The minimum atomic E-state index is -0.0618. The summed E-state index contributed by atoms with van der Waals surface area (Å²) >= 11 is 0. The Hall–Kier alpha value is -2.62. The van der Waals surface area contributed by atoms with E-state index >= 15 is 0 Å². The topological polar surface area (TPSA) is 40.6 Å². The lowest BCUT2D eigenvalue weighted by Crippen LogP contribution is -2.47. The van der Waals surface area contributed by atoms with Gasteiger partial charge in [0.2, 0.25) is 11.8 Å². The SMILES string of the molecule is Cc1ccccc1CC(=O)N1C[C@H]2CC[C@@H](C1)N(Cc1ccccc1)C2=O. The summed E-state index contributed by atoms with van der Waals surface area (Å²) in [5.74, 6) is 0.283. The smallest absolute Gasteiger partial charge is 0.228 e. The van der Waals surface area contributed by atoms with Gasteiger partial charge in [-0.3, -0.25) is 9.59 Å². The van der Waals surface area contributed by atoms with Gasteiger partial charge in [-0.2, -0.15) is 0 Å². The second-order valence-corrected chi connectivity index (χ2v) is 7.78. The summed E-state index contributed by atoms with van der Waals surface area (Å²) in [4.78, 5) is 29.9. The Balaban J connectivity index is 1.49. The number of amides is 2. The summed E-state index contributed by atoms with van der Waals surface area (Å²) in [7, 11) is 0. The molecule has 3 aliphatic heterocycles. The van der Waals surface area contributed by atoms with E-state index in [2.05, 4.69) is 12.1 Å². The van der Waals surface area contributed by atoms with Crippen LogP contribution in [-0.4, -0.2) is 40.7 Å². The largest absolute Gasteiger partial charge is 0.340 e. The molecule has 140 valence electrons. The lowest BCUT2D eigenvalue weighted by molar-refractivity contribution is -0.140. The molecule has 0 saturated carbocycles. The first-order valence-corrected chi connectivity index (χ1v) is 9.78. The third-order valence-electron chi connectivity index (χ3n) is 5.94. The Morgan fingerprint density at radius 1 is 1.00 bits per heavy atom. The quantitative estimate of drug-likeness (QED) is 0.838. The van der Waals surface area contributed by atoms with Crippen molar-refractivity contribution in [3.8, 4) is 0 Å². The van der Waals surface area contributed by atoms with E-state index < -0.39 is 0 Å². The van der Waals surface area contributed by atoms with Crippen molar-refractivity contribution in [2.45, 2.75) is 38.8 Å². The van der Waals surface area contributed by atoms with Crippen LogP contribution in [0.2, 0.25) is 0 Å². The Morgan fingerprint density at radius 2 is 1.74 bits per heavy atom. The van der Waals surface area contributed by atoms with Crippen LogP contribution in [0.5, 0.6) is 0 Å². The van der Waals surface area contributed by atoms with Crippen molar-refractivity contribution in [3.63, 3.8) is 0 Å². The number of nitrogens with zero attached hydrogens (tertiary/aromatic N) is 2. The first kappa shape index (κ1) is 17.8. The number of hydrogen-bond acceptors (Lipinski definition) is 2. The molecule has 4 nitrogen and oxygen atoms in total. The van der Waals surface area contributed by atoms with E-state index in [1.165, 1.54) is 0 Å². The van der Waals surface area contributed by atoms with E-state index in [4.69, 9.17) is 0 Å². The molecule has 3 fully saturated rings. The van der Waals surface area contributed by atoms with Crippen molar-refractivity contribution in [2.75, 3.05) is 13.1 Å². The van der Waals surface area contributed by atoms with Gasteiger partial charge in [-0.1, -0.05) is 54.6 Å². The van der Waals surface area contributed by atoms with Gasteiger partial charge in [0.25, 0.3) is 0 Å². The highest BCUT2D eigenvalue weighted by Gasteiger charge is 2.41. The number of hydrogen-bond donors (Lipinski definition) is 0. The van der Waals surface area contributed by atoms with Crippen molar-refractivity contribution in [2.24, 2.45) is 5.92 Å². The van der Waals surface area contributed by atoms with Crippen LogP contribution >= 0.6 is 0 Å². The molecule has 0 unspecified atom stereocenters. The molecular formula is C23H26N2O2. The van der Waals surface area contributed by atoms with Crippen LogP contribution in [0, 0.1) is 12.8 Å². The molecule has 0 N–H and O–H groups in total. The van der Waals surface area contributed by atoms with Gasteiger partial charge in [-0.15, -0.1) is 0 Å². The normalized spacial score (nSPS) is 22.0. The molecule has 3 heterocycles. The van der Waals surface area contributed by atoms with Crippen LogP contribution in [0.25, 0.3) is 0 Å². The van der Waals surface area contributed by atoms with Gasteiger partial charge >= 0.3 is 0 Å². The highest BCUT2D eigenvalue weighted by Crippen LogP contribution is 2.30. The second-order valence-electron chi connectivity index (χ2n) is 7.78. The van der Waals surface area contributed by atoms with Crippen LogP contribution in [-0.2, 0) is 22.6 Å². The third-order valence-corrected chi connectivity index (χ3v) is 5.94. The van der Waals surface area contributed by atoms with Gasteiger partial charge in [0.15, 0.2) is 0 Å². The van der Waals surface area contributed by atoms with Crippen molar-refractivity contribution >= 4 is 11.8 Å². The molecule has 2 amide bonds. The molecule has 2 aromatic carbocycles. The third kappa shape index (κ3) is 3.75. The lowest BCUT2D eigenvalue weighted by atomic mass is 9.93. The van der Waals surface area contributed by atoms with E-state index in [0.717, 1.165) is 29.5 Å². The van der Waals surface area contributed by atoms with Crippen LogP contribution in [0.1, 0.15) is 29.5 Å². The number of piperidine rings is 1. The second kappa shape index (κ2) is 7.55. The monoisotopic (exact) mass is 362 g/mol. The molecule has 2 aromatic rings. The predicted octanol–water partition coefficient (Wildman–Crippen LogP) is 3.19. The Morgan fingerprint density at radius 3 is 2.52 bits per heavy atom. The maximum Gasteiger partial charge on any atom is 0.228 e. The maximum atomic E-state index is 13.0. The van der Waals surface area contributed by atoms with Crippen molar-refractivity contribution in [3.05, 3.63) is 71.3 Å². The molecule has 2 bridgehead atoms. The Bertz CT molecular complexity index is 833. The van der Waals surface area contributed by atoms with E-state index in [1.54, 1.807) is 0 Å². The van der Waals surface area contributed by atoms with Gasteiger partial charge < -0.3 is 9.80 Å². The summed E-state index contributed by atoms with van der Waals surface area (Å²) in [5, 5.41) is 0. The summed E-state index contributed by atoms with van der Waals surface area (Å²) in [5.41, 5.74) is 3.37. The highest BCUT2D eigenvalue weighted by molar-refractivity contribution is 5.84.